The molecule has 108 valence electrons. The van der Waals surface area contributed by atoms with Gasteiger partial charge in [0, 0.05) is 13.3 Å². The van der Waals surface area contributed by atoms with Gasteiger partial charge >= 0.3 is 0 Å². The normalized spacial score (nSPS) is 23.1. The van der Waals surface area contributed by atoms with E-state index >= 15 is 0 Å². The molecule has 7 nitrogen and oxygen atoms in total. The Bertz CT molecular complexity index is 523. The zero-order valence-corrected chi connectivity index (χ0v) is 11.4. The van der Waals surface area contributed by atoms with Crippen molar-refractivity contribution in [1.82, 2.24) is 15.1 Å². The van der Waals surface area contributed by atoms with Crippen LogP contribution in [0.2, 0.25) is 0 Å². The van der Waals surface area contributed by atoms with E-state index in [9.17, 15) is 9.59 Å². The predicted octanol–water partition coefficient (Wildman–Crippen LogP) is -0.229. The molecule has 0 aromatic carbocycles. The number of hydrogen-bond donors (Lipinski definition) is 1. The molecule has 1 unspecified atom stereocenters. The van der Waals surface area contributed by atoms with Gasteiger partial charge in [0.05, 0.1) is 25.0 Å². The number of methoxy groups -OCH3 is 1. The molecule has 1 aliphatic carbocycles. The number of amides is 2. The molecule has 1 saturated carbocycles. The molecule has 2 aliphatic rings. The molecule has 2 amide bonds. The molecule has 1 saturated heterocycles. The van der Waals surface area contributed by atoms with Crippen LogP contribution in [0.25, 0.3) is 0 Å². The number of nitrogens with zero attached hydrogens (tertiary/aromatic N) is 3. The van der Waals surface area contributed by atoms with Crippen molar-refractivity contribution >= 4 is 17.5 Å². The van der Waals surface area contributed by atoms with Crippen molar-refractivity contribution < 1.29 is 14.3 Å². The molecule has 1 N–H and O–H groups in total. The maximum Gasteiger partial charge on any atom is 0.250 e. The van der Waals surface area contributed by atoms with E-state index in [2.05, 4.69) is 10.4 Å². The van der Waals surface area contributed by atoms with E-state index in [1.807, 2.05) is 0 Å². The van der Waals surface area contributed by atoms with Crippen LogP contribution in [0.5, 0.6) is 0 Å². The molecule has 20 heavy (non-hydrogen) atoms. The number of hydrogen-bond acceptors (Lipinski definition) is 4. The number of carbonyl (C=O) groups excluding carboxylic acids is 2. The van der Waals surface area contributed by atoms with Gasteiger partial charge in [-0.25, -0.2) is 0 Å². The number of rotatable bonds is 5. The first kappa shape index (κ1) is 13.1. The first-order chi connectivity index (χ1) is 9.69. The van der Waals surface area contributed by atoms with Gasteiger partial charge < -0.3 is 10.1 Å². The average molecular weight is 278 g/mol. The molecule has 7 heteroatoms. The summed E-state index contributed by atoms with van der Waals surface area (Å²) in [6.07, 6.45) is 5.42. The quantitative estimate of drug-likeness (QED) is 0.807. The summed E-state index contributed by atoms with van der Waals surface area (Å²) in [4.78, 5) is 25.7. The van der Waals surface area contributed by atoms with Gasteiger partial charge in [0.15, 0.2) is 0 Å². The Balaban J connectivity index is 1.75. The third-order valence-corrected chi connectivity index (χ3v) is 3.70. The van der Waals surface area contributed by atoms with Crippen LogP contribution in [-0.4, -0.2) is 47.9 Å². The Labute approximate surface area is 116 Å². The van der Waals surface area contributed by atoms with E-state index in [1.54, 1.807) is 24.2 Å². The number of anilines is 1. The van der Waals surface area contributed by atoms with Gasteiger partial charge in [-0.2, -0.15) is 5.10 Å². The lowest BCUT2D eigenvalue weighted by Gasteiger charge is -2.31. The van der Waals surface area contributed by atoms with Crippen LogP contribution in [0, 0.1) is 5.92 Å². The van der Waals surface area contributed by atoms with Gasteiger partial charge in [-0.3, -0.25) is 19.2 Å². The van der Waals surface area contributed by atoms with E-state index in [4.69, 9.17) is 4.74 Å². The summed E-state index contributed by atoms with van der Waals surface area (Å²) in [6, 6.07) is -0.362. The van der Waals surface area contributed by atoms with Crippen molar-refractivity contribution in [3.63, 3.8) is 0 Å². The third-order valence-electron chi connectivity index (χ3n) is 3.70. The topological polar surface area (TPSA) is 76.5 Å². The van der Waals surface area contributed by atoms with Gasteiger partial charge in [-0.05, 0) is 18.8 Å². The highest BCUT2D eigenvalue weighted by molar-refractivity contribution is 6.06. The Morgan fingerprint density at radius 1 is 1.45 bits per heavy atom. The summed E-state index contributed by atoms with van der Waals surface area (Å²) >= 11 is 0. The second-order valence-electron chi connectivity index (χ2n) is 5.26. The minimum absolute atomic E-state index is 0.0293. The minimum atomic E-state index is -0.362. The van der Waals surface area contributed by atoms with Crippen molar-refractivity contribution in [2.45, 2.75) is 25.4 Å². The van der Waals surface area contributed by atoms with Crippen LogP contribution >= 0.6 is 0 Å². The number of carbonyl (C=O) groups is 2. The van der Waals surface area contributed by atoms with Gasteiger partial charge in [0.1, 0.15) is 12.6 Å². The van der Waals surface area contributed by atoms with E-state index in [-0.39, 0.29) is 24.4 Å². The third kappa shape index (κ3) is 2.53. The first-order valence-electron chi connectivity index (χ1n) is 6.81. The summed E-state index contributed by atoms with van der Waals surface area (Å²) in [7, 11) is 1.63. The molecule has 1 aromatic heterocycles. The van der Waals surface area contributed by atoms with Crippen LogP contribution in [0.1, 0.15) is 12.8 Å². The van der Waals surface area contributed by atoms with Crippen molar-refractivity contribution in [1.29, 1.82) is 0 Å². The Hall–Kier alpha value is -1.89. The predicted molar refractivity (Wildman–Crippen MR) is 71.1 cm³/mol. The van der Waals surface area contributed by atoms with Crippen LogP contribution in [0.4, 0.5) is 5.69 Å². The highest BCUT2D eigenvalue weighted by atomic mass is 16.5. The molecule has 3 rings (SSSR count). The monoisotopic (exact) mass is 278 g/mol. The highest BCUT2D eigenvalue weighted by Gasteiger charge is 2.43. The van der Waals surface area contributed by atoms with Crippen LogP contribution in [0.3, 0.4) is 0 Å². The van der Waals surface area contributed by atoms with E-state index in [0.717, 1.165) is 12.8 Å². The molecule has 0 radical (unpaired) electrons. The highest BCUT2D eigenvalue weighted by Crippen LogP contribution is 2.35. The molecular weight excluding hydrogens is 260 g/mol. The van der Waals surface area contributed by atoms with Crippen LogP contribution in [-0.2, 0) is 20.9 Å². The van der Waals surface area contributed by atoms with Crippen molar-refractivity contribution in [3.05, 3.63) is 12.4 Å². The van der Waals surface area contributed by atoms with Gasteiger partial charge in [-0.15, -0.1) is 0 Å². The van der Waals surface area contributed by atoms with Crippen LogP contribution in [0.15, 0.2) is 12.4 Å². The van der Waals surface area contributed by atoms with Crippen molar-refractivity contribution in [3.8, 4) is 0 Å². The minimum Gasteiger partial charge on any atom is -0.383 e. The first-order valence-corrected chi connectivity index (χ1v) is 6.81. The number of nitrogens with one attached hydrogen (secondary N) is 1. The summed E-state index contributed by atoms with van der Waals surface area (Å²) in [6.45, 7) is 1.25. The van der Waals surface area contributed by atoms with Crippen LogP contribution < -0.4 is 10.2 Å². The van der Waals surface area contributed by atoms with E-state index in [1.165, 1.54) is 4.90 Å². The lowest BCUT2D eigenvalue weighted by atomic mass is 10.1. The lowest BCUT2D eigenvalue weighted by Crippen LogP contribution is -2.59. The fourth-order valence-electron chi connectivity index (χ4n) is 2.44. The Morgan fingerprint density at radius 2 is 2.25 bits per heavy atom. The van der Waals surface area contributed by atoms with Gasteiger partial charge in [0.2, 0.25) is 11.8 Å². The zero-order valence-electron chi connectivity index (χ0n) is 11.4. The summed E-state index contributed by atoms with van der Waals surface area (Å²) in [5, 5.41) is 6.98. The molecule has 1 atom stereocenters. The fourth-order valence-corrected chi connectivity index (χ4v) is 2.44. The second-order valence-corrected chi connectivity index (χ2v) is 5.26. The van der Waals surface area contributed by atoms with Gasteiger partial charge in [-0.1, -0.05) is 0 Å². The van der Waals surface area contributed by atoms with Crippen molar-refractivity contribution in [2.75, 3.05) is 25.2 Å². The largest absolute Gasteiger partial charge is 0.383 e. The standard InChI is InChI=1S/C13H18N4O3/c1-20-5-4-16-7-10(6-14-16)17-8-11(18)15-12(13(17)19)9-2-3-9/h6-7,9,12H,2-5,8H2,1H3,(H,15,18). The molecule has 1 aromatic rings. The maximum absolute atomic E-state index is 12.4. The molecule has 1 aliphatic heterocycles. The fraction of sp³-hybridized carbons (Fsp3) is 0.615. The molecule has 0 bridgehead atoms. The van der Waals surface area contributed by atoms with Gasteiger partial charge in [0.25, 0.3) is 0 Å². The lowest BCUT2D eigenvalue weighted by molar-refractivity contribution is -0.131. The molecule has 2 fully saturated rings. The SMILES string of the molecule is COCCn1cc(N2CC(=O)NC(C3CC3)C2=O)cn1. The van der Waals surface area contributed by atoms with Crippen molar-refractivity contribution in [2.24, 2.45) is 5.92 Å². The number of aromatic nitrogens is 2. The van der Waals surface area contributed by atoms with E-state index in [0.29, 0.717) is 24.8 Å². The summed E-state index contributed by atoms with van der Waals surface area (Å²) < 4.78 is 6.70. The molecule has 2 heterocycles. The Morgan fingerprint density at radius 3 is 2.95 bits per heavy atom. The summed E-state index contributed by atoms with van der Waals surface area (Å²) in [5.74, 6) is 0.169. The average Bonchev–Trinajstić information content (AvgIpc) is 3.17. The number of piperazine rings is 1. The molecular formula is C13H18N4O3. The second kappa shape index (κ2) is 5.24. The van der Waals surface area contributed by atoms with E-state index < -0.39 is 0 Å². The zero-order chi connectivity index (χ0) is 14.1. The summed E-state index contributed by atoms with van der Waals surface area (Å²) in [5.41, 5.74) is 0.673. The molecule has 0 spiro atoms. The number of ether oxygens (including phenoxy) is 1. The maximum atomic E-state index is 12.4. The smallest absolute Gasteiger partial charge is 0.250 e. The Kier molecular flexibility index (Phi) is 3.43.